The van der Waals surface area contributed by atoms with E-state index in [0.717, 1.165) is 68.3 Å². The molecule has 2 saturated heterocycles. The minimum absolute atomic E-state index is 0.00618. The van der Waals surface area contributed by atoms with Crippen molar-refractivity contribution >= 4 is 23.4 Å². The SMILES string of the molecule is COc1ccccc1N1CCN(C(=O)NC[C@]2(C)C[C@H](NC(=O)N3CCN(c4ccccc4OC)CC3)CC(C)(C)C2)CC1. The van der Waals surface area contributed by atoms with Crippen molar-refractivity contribution in [1.82, 2.24) is 20.4 Å². The van der Waals surface area contributed by atoms with Gasteiger partial charge in [-0.2, -0.15) is 0 Å². The first-order valence-electron chi connectivity index (χ1n) is 15.9. The molecule has 2 aliphatic heterocycles. The molecule has 240 valence electrons. The number of hydrogen-bond donors (Lipinski definition) is 2. The Balaban J connectivity index is 1.11. The molecule has 2 heterocycles. The zero-order valence-corrected chi connectivity index (χ0v) is 27.1. The number of rotatable bonds is 7. The predicted molar refractivity (Wildman–Crippen MR) is 175 cm³/mol. The van der Waals surface area contributed by atoms with Crippen LogP contribution in [0.3, 0.4) is 0 Å². The summed E-state index contributed by atoms with van der Waals surface area (Å²) in [5.41, 5.74) is 2.08. The molecule has 10 heteroatoms. The summed E-state index contributed by atoms with van der Waals surface area (Å²) in [6.45, 7) is 13.1. The molecule has 5 rings (SSSR count). The highest BCUT2D eigenvalue weighted by atomic mass is 16.5. The van der Waals surface area contributed by atoms with Gasteiger partial charge >= 0.3 is 12.1 Å². The Labute approximate surface area is 262 Å². The lowest BCUT2D eigenvalue weighted by Gasteiger charge is -2.47. The van der Waals surface area contributed by atoms with E-state index < -0.39 is 0 Å². The van der Waals surface area contributed by atoms with E-state index in [-0.39, 0.29) is 28.9 Å². The number of amides is 4. The summed E-state index contributed by atoms with van der Waals surface area (Å²) in [6.07, 6.45) is 2.76. The number of para-hydroxylation sites is 4. The van der Waals surface area contributed by atoms with Gasteiger partial charge in [-0.05, 0) is 54.4 Å². The number of benzene rings is 2. The van der Waals surface area contributed by atoms with Crippen LogP contribution in [0, 0.1) is 10.8 Å². The maximum Gasteiger partial charge on any atom is 0.317 e. The molecule has 1 aliphatic carbocycles. The van der Waals surface area contributed by atoms with E-state index in [9.17, 15) is 9.59 Å². The molecule has 3 fully saturated rings. The van der Waals surface area contributed by atoms with Crippen molar-refractivity contribution < 1.29 is 19.1 Å². The minimum atomic E-state index is -0.114. The second kappa shape index (κ2) is 13.4. The largest absolute Gasteiger partial charge is 0.495 e. The van der Waals surface area contributed by atoms with Crippen LogP contribution in [0.2, 0.25) is 0 Å². The fraction of sp³-hybridized carbons (Fsp3) is 0.588. The number of carbonyl (C=O) groups excluding carboxylic acids is 2. The lowest BCUT2D eigenvalue weighted by Crippen LogP contribution is -2.57. The molecular weight excluding hydrogens is 556 g/mol. The number of hydrogen-bond acceptors (Lipinski definition) is 6. The van der Waals surface area contributed by atoms with Crippen LogP contribution in [-0.2, 0) is 0 Å². The molecule has 2 aromatic rings. The number of nitrogens with one attached hydrogen (secondary N) is 2. The van der Waals surface area contributed by atoms with Crippen LogP contribution in [0.15, 0.2) is 48.5 Å². The quantitative estimate of drug-likeness (QED) is 0.477. The van der Waals surface area contributed by atoms with Crippen molar-refractivity contribution in [3.63, 3.8) is 0 Å². The van der Waals surface area contributed by atoms with Gasteiger partial charge in [-0.25, -0.2) is 9.59 Å². The average molecular weight is 607 g/mol. The summed E-state index contributed by atoms with van der Waals surface area (Å²) in [4.78, 5) is 35.0. The number of piperazine rings is 2. The number of ether oxygens (including phenoxy) is 2. The van der Waals surface area contributed by atoms with Crippen molar-refractivity contribution in [2.45, 2.75) is 46.1 Å². The number of nitrogens with zero attached hydrogens (tertiary/aromatic N) is 4. The molecule has 1 saturated carbocycles. The zero-order valence-electron chi connectivity index (χ0n) is 27.1. The molecule has 10 nitrogen and oxygen atoms in total. The van der Waals surface area contributed by atoms with Gasteiger partial charge in [0.15, 0.2) is 0 Å². The highest BCUT2D eigenvalue weighted by molar-refractivity contribution is 5.75. The van der Waals surface area contributed by atoms with Gasteiger partial charge in [-0.3, -0.25) is 0 Å². The van der Waals surface area contributed by atoms with Crippen LogP contribution in [0.5, 0.6) is 11.5 Å². The van der Waals surface area contributed by atoms with E-state index in [1.807, 2.05) is 46.2 Å². The summed E-state index contributed by atoms with van der Waals surface area (Å²) in [5, 5.41) is 6.61. The van der Waals surface area contributed by atoms with Crippen LogP contribution >= 0.6 is 0 Å². The second-order valence-electron chi connectivity index (χ2n) is 13.7. The third kappa shape index (κ3) is 7.45. The molecule has 3 aliphatic rings. The van der Waals surface area contributed by atoms with Gasteiger partial charge in [0, 0.05) is 64.9 Å². The Morgan fingerprint density at radius 1 is 0.727 bits per heavy atom. The van der Waals surface area contributed by atoms with E-state index in [1.165, 1.54) is 0 Å². The summed E-state index contributed by atoms with van der Waals surface area (Å²) in [7, 11) is 3.38. The van der Waals surface area contributed by atoms with Gasteiger partial charge in [0.2, 0.25) is 0 Å². The van der Waals surface area contributed by atoms with E-state index in [2.05, 4.69) is 53.3 Å². The summed E-state index contributed by atoms with van der Waals surface area (Å²) < 4.78 is 11.1. The van der Waals surface area contributed by atoms with Crippen LogP contribution in [0.4, 0.5) is 21.0 Å². The van der Waals surface area contributed by atoms with Crippen molar-refractivity contribution in [1.29, 1.82) is 0 Å². The molecule has 4 amide bonds. The normalized spacial score (nSPS) is 23.6. The number of anilines is 2. The molecule has 2 atom stereocenters. The second-order valence-corrected chi connectivity index (χ2v) is 13.7. The van der Waals surface area contributed by atoms with Gasteiger partial charge in [-0.15, -0.1) is 0 Å². The summed E-state index contributed by atoms with van der Waals surface area (Å²) >= 11 is 0. The fourth-order valence-corrected chi connectivity index (χ4v) is 7.62. The monoisotopic (exact) mass is 606 g/mol. The highest BCUT2D eigenvalue weighted by Gasteiger charge is 2.42. The van der Waals surface area contributed by atoms with Crippen molar-refractivity contribution in [3.8, 4) is 11.5 Å². The lowest BCUT2D eigenvalue weighted by atomic mass is 9.62. The van der Waals surface area contributed by atoms with E-state index in [4.69, 9.17) is 9.47 Å². The van der Waals surface area contributed by atoms with Gasteiger partial charge in [-0.1, -0.05) is 45.0 Å². The van der Waals surface area contributed by atoms with Crippen LogP contribution < -0.4 is 29.9 Å². The molecule has 2 N–H and O–H groups in total. The van der Waals surface area contributed by atoms with E-state index in [0.29, 0.717) is 32.7 Å². The zero-order chi connectivity index (χ0) is 31.3. The first-order chi connectivity index (χ1) is 21.1. The van der Waals surface area contributed by atoms with Gasteiger partial charge in [0.1, 0.15) is 11.5 Å². The Morgan fingerprint density at radius 3 is 1.70 bits per heavy atom. The molecule has 0 spiro atoms. The molecule has 44 heavy (non-hydrogen) atoms. The predicted octanol–water partition coefficient (Wildman–Crippen LogP) is 4.65. The van der Waals surface area contributed by atoms with Crippen LogP contribution in [0.25, 0.3) is 0 Å². The Kier molecular flexibility index (Phi) is 9.65. The van der Waals surface area contributed by atoms with E-state index >= 15 is 0 Å². The molecule has 0 radical (unpaired) electrons. The first kappa shape index (κ1) is 31.6. The smallest absolute Gasteiger partial charge is 0.317 e. The van der Waals surface area contributed by atoms with Gasteiger partial charge in [0.05, 0.1) is 25.6 Å². The molecule has 2 aromatic carbocycles. The maximum absolute atomic E-state index is 13.4. The molecule has 0 bridgehead atoms. The maximum atomic E-state index is 13.4. The van der Waals surface area contributed by atoms with Crippen LogP contribution in [-0.4, -0.2) is 101 Å². The third-order valence-corrected chi connectivity index (χ3v) is 9.42. The fourth-order valence-electron chi connectivity index (χ4n) is 7.62. The number of methoxy groups -OCH3 is 2. The molecule has 0 aromatic heterocycles. The van der Waals surface area contributed by atoms with Gasteiger partial charge in [0.25, 0.3) is 0 Å². The topological polar surface area (TPSA) is 89.6 Å². The first-order valence-corrected chi connectivity index (χ1v) is 15.9. The van der Waals surface area contributed by atoms with Crippen molar-refractivity contribution in [2.75, 3.05) is 82.9 Å². The average Bonchev–Trinajstić information content (AvgIpc) is 3.02. The lowest BCUT2D eigenvalue weighted by molar-refractivity contribution is 0.0705. The third-order valence-electron chi connectivity index (χ3n) is 9.42. The van der Waals surface area contributed by atoms with Crippen molar-refractivity contribution in [3.05, 3.63) is 48.5 Å². The molecule has 0 unspecified atom stereocenters. The Morgan fingerprint density at radius 2 is 1.20 bits per heavy atom. The summed E-state index contributed by atoms with van der Waals surface area (Å²) in [6, 6.07) is 16.1. The standard InChI is InChI=1S/C34H50N6O4/c1-33(2)22-26(36-32(42)40-20-16-38(17-21-40)28-11-7-9-13-30(28)44-5)23-34(3,24-33)25-35-31(41)39-18-14-37(15-19-39)27-10-6-8-12-29(27)43-4/h6-13,26H,14-25H2,1-5H3,(H,35,41)(H,36,42)/t26-,34-/m1/s1. The Hall–Kier alpha value is -3.82. The number of urea groups is 2. The number of carbonyl (C=O) groups is 2. The summed E-state index contributed by atoms with van der Waals surface area (Å²) in [5.74, 6) is 1.71. The van der Waals surface area contributed by atoms with Crippen molar-refractivity contribution in [2.24, 2.45) is 10.8 Å². The molecular formula is C34H50N6O4. The minimum Gasteiger partial charge on any atom is -0.495 e. The highest BCUT2D eigenvalue weighted by Crippen LogP contribution is 2.46. The van der Waals surface area contributed by atoms with E-state index in [1.54, 1.807) is 14.2 Å². The van der Waals surface area contributed by atoms with Gasteiger partial charge < -0.3 is 39.7 Å². The van der Waals surface area contributed by atoms with Crippen LogP contribution in [0.1, 0.15) is 40.0 Å². The Bertz CT molecular complexity index is 1290.